The second-order valence-corrected chi connectivity index (χ2v) is 6.77. The lowest BCUT2D eigenvalue weighted by Crippen LogP contribution is -2.37. The third-order valence-corrected chi connectivity index (χ3v) is 4.51. The van der Waals surface area contributed by atoms with Crippen LogP contribution in [-0.2, 0) is 15.8 Å². The van der Waals surface area contributed by atoms with Crippen molar-refractivity contribution in [1.82, 2.24) is 10.0 Å². The summed E-state index contributed by atoms with van der Waals surface area (Å²) in [6.45, 7) is 1.43. The van der Waals surface area contributed by atoms with Crippen LogP contribution in [0.4, 0.5) is 0 Å². The summed E-state index contributed by atoms with van der Waals surface area (Å²) in [6.07, 6.45) is 2.14. The fraction of sp³-hybridized carbons (Fsp3) is 0.500. The monoisotopic (exact) mass is 324 g/mol. The van der Waals surface area contributed by atoms with Gasteiger partial charge in [0.2, 0.25) is 10.0 Å². The topological polar surface area (TPSA) is 58.2 Å². The van der Waals surface area contributed by atoms with Gasteiger partial charge in [0.25, 0.3) is 0 Å². The van der Waals surface area contributed by atoms with Crippen LogP contribution in [0.15, 0.2) is 24.3 Å². The fourth-order valence-electron chi connectivity index (χ4n) is 2.06. The van der Waals surface area contributed by atoms with E-state index in [4.69, 9.17) is 11.6 Å². The predicted octanol–water partition coefficient (Wildman–Crippen LogP) is 1.93. The van der Waals surface area contributed by atoms with Crippen LogP contribution in [0.2, 0.25) is 5.02 Å². The molecule has 0 saturated carbocycles. The molecular formula is C12H18Cl2N2O2S. The summed E-state index contributed by atoms with van der Waals surface area (Å²) in [4.78, 5) is 0. The summed E-state index contributed by atoms with van der Waals surface area (Å²) in [6, 6.07) is 7.19. The van der Waals surface area contributed by atoms with E-state index in [2.05, 4.69) is 10.0 Å². The Kier molecular flexibility index (Phi) is 6.56. The molecule has 1 aliphatic rings. The molecule has 1 saturated heterocycles. The van der Waals surface area contributed by atoms with Crippen molar-refractivity contribution in [2.45, 2.75) is 24.6 Å². The van der Waals surface area contributed by atoms with Crippen LogP contribution in [0.3, 0.4) is 0 Å². The fourth-order valence-corrected chi connectivity index (χ4v) is 3.44. The van der Waals surface area contributed by atoms with E-state index >= 15 is 0 Å². The highest BCUT2D eigenvalue weighted by atomic mass is 35.5. The second kappa shape index (κ2) is 7.45. The second-order valence-electron chi connectivity index (χ2n) is 4.53. The molecule has 7 heteroatoms. The van der Waals surface area contributed by atoms with Crippen molar-refractivity contribution in [3.05, 3.63) is 34.9 Å². The van der Waals surface area contributed by atoms with Crippen LogP contribution in [0, 0.1) is 0 Å². The Hall–Kier alpha value is -0.330. The van der Waals surface area contributed by atoms with Gasteiger partial charge in [-0.05, 0) is 37.1 Å². The SMILES string of the molecule is Cl.O=S(=O)(Cc1cccc(Cl)c1)NC[C@@H]1CCCN1. The smallest absolute Gasteiger partial charge is 0.215 e. The molecule has 1 aliphatic heterocycles. The highest BCUT2D eigenvalue weighted by molar-refractivity contribution is 7.88. The van der Waals surface area contributed by atoms with Gasteiger partial charge in [0.1, 0.15) is 0 Å². The van der Waals surface area contributed by atoms with Crippen LogP contribution >= 0.6 is 24.0 Å². The zero-order valence-corrected chi connectivity index (χ0v) is 12.8. The summed E-state index contributed by atoms with van der Waals surface area (Å²) in [7, 11) is -3.29. The first kappa shape index (κ1) is 16.7. The Morgan fingerprint density at radius 1 is 1.42 bits per heavy atom. The molecule has 0 amide bonds. The predicted molar refractivity (Wildman–Crippen MR) is 80.4 cm³/mol. The number of sulfonamides is 1. The average molecular weight is 325 g/mol. The molecule has 1 atom stereocenters. The lowest BCUT2D eigenvalue weighted by molar-refractivity contribution is 0.551. The molecule has 19 heavy (non-hydrogen) atoms. The summed E-state index contributed by atoms with van der Waals surface area (Å²) in [5, 5.41) is 3.81. The number of hydrogen-bond donors (Lipinski definition) is 2. The lowest BCUT2D eigenvalue weighted by atomic mass is 10.2. The molecule has 0 aromatic heterocycles. The molecule has 0 aliphatic carbocycles. The number of halogens is 2. The minimum Gasteiger partial charge on any atom is -0.313 e. The molecule has 108 valence electrons. The molecule has 2 N–H and O–H groups in total. The van der Waals surface area contributed by atoms with Crippen LogP contribution in [0.1, 0.15) is 18.4 Å². The zero-order valence-electron chi connectivity index (χ0n) is 10.4. The third kappa shape index (κ3) is 5.67. The number of benzene rings is 1. The van der Waals surface area contributed by atoms with Crippen molar-refractivity contribution < 1.29 is 8.42 Å². The molecular weight excluding hydrogens is 307 g/mol. The molecule has 1 aromatic carbocycles. The highest BCUT2D eigenvalue weighted by Gasteiger charge is 2.17. The first-order chi connectivity index (χ1) is 8.55. The Labute approximate surface area is 125 Å². The van der Waals surface area contributed by atoms with Crippen LogP contribution in [0.5, 0.6) is 0 Å². The number of hydrogen-bond acceptors (Lipinski definition) is 3. The van der Waals surface area contributed by atoms with E-state index in [1.807, 2.05) is 0 Å². The van der Waals surface area contributed by atoms with E-state index in [1.54, 1.807) is 24.3 Å². The van der Waals surface area contributed by atoms with E-state index in [0.29, 0.717) is 17.1 Å². The third-order valence-electron chi connectivity index (χ3n) is 2.96. The average Bonchev–Trinajstić information content (AvgIpc) is 2.78. The number of nitrogens with one attached hydrogen (secondary N) is 2. The first-order valence-corrected chi connectivity index (χ1v) is 8.03. The molecule has 1 fully saturated rings. The molecule has 2 rings (SSSR count). The number of rotatable bonds is 5. The standard InChI is InChI=1S/C12H17ClN2O2S.ClH/c13-11-4-1-3-10(7-11)9-18(16,17)15-8-12-5-2-6-14-12;/h1,3-4,7,12,14-15H,2,5-6,8-9H2;1H/t12-;/m0./s1. The van der Waals surface area contributed by atoms with Crippen molar-refractivity contribution in [3.63, 3.8) is 0 Å². The van der Waals surface area contributed by atoms with Gasteiger partial charge in [0, 0.05) is 17.6 Å². The summed E-state index contributed by atoms with van der Waals surface area (Å²) in [5.41, 5.74) is 0.703. The maximum absolute atomic E-state index is 11.9. The first-order valence-electron chi connectivity index (χ1n) is 6.00. The Bertz CT molecular complexity index is 502. The molecule has 0 spiro atoms. The summed E-state index contributed by atoms with van der Waals surface area (Å²) >= 11 is 5.83. The Balaban J connectivity index is 0.00000180. The van der Waals surface area contributed by atoms with Gasteiger partial charge in [0.15, 0.2) is 0 Å². The Morgan fingerprint density at radius 3 is 2.84 bits per heavy atom. The molecule has 0 bridgehead atoms. The largest absolute Gasteiger partial charge is 0.313 e. The van der Waals surface area contributed by atoms with Crippen molar-refractivity contribution >= 4 is 34.0 Å². The van der Waals surface area contributed by atoms with Crippen molar-refractivity contribution in [1.29, 1.82) is 0 Å². The molecule has 0 radical (unpaired) electrons. The van der Waals surface area contributed by atoms with Crippen molar-refractivity contribution in [3.8, 4) is 0 Å². The van der Waals surface area contributed by atoms with E-state index in [0.717, 1.165) is 19.4 Å². The molecule has 4 nitrogen and oxygen atoms in total. The lowest BCUT2D eigenvalue weighted by Gasteiger charge is -2.12. The molecule has 1 heterocycles. The van der Waals surface area contributed by atoms with Gasteiger partial charge in [-0.25, -0.2) is 13.1 Å². The molecule has 1 aromatic rings. The van der Waals surface area contributed by atoms with Crippen molar-refractivity contribution in [2.75, 3.05) is 13.1 Å². The summed E-state index contributed by atoms with van der Waals surface area (Å²) < 4.78 is 26.4. The highest BCUT2D eigenvalue weighted by Crippen LogP contribution is 2.13. The Morgan fingerprint density at radius 2 is 2.21 bits per heavy atom. The van der Waals surface area contributed by atoms with Gasteiger partial charge in [-0.3, -0.25) is 0 Å². The maximum atomic E-state index is 11.9. The summed E-state index contributed by atoms with van der Waals surface area (Å²) in [5.74, 6) is -0.0275. The van der Waals surface area contributed by atoms with Gasteiger partial charge in [0.05, 0.1) is 5.75 Å². The van der Waals surface area contributed by atoms with Crippen LogP contribution in [0.25, 0.3) is 0 Å². The van der Waals surface area contributed by atoms with Gasteiger partial charge < -0.3 is 5.32 Å². The van der Waals surface area contributed by atoms with E-state index < -0.39 is 10.0 Å². The minimum absolute atomic E-state index is 0. The van der Waals surface area contributed by atoms with E-state index in [-0.39, 0.29) is 24.2 Å². The normalized spacial score (nSPS) is 19.1. The van der Waals surface area contributed by atoms with Crippen LogP contribution < -0.4 is 10.0 Å². The maximum Gasteiger partial charge on any atom is 0.215 e. The zero-order chi connectivity index (χ0) is 13.0. The quantitative estimate of drug-likeness (QED) is 0.870. The van der Waals surface area contributed by atoms with Gasteiger partial charge >= 0.3 is 0 Å². The molecule has 0 unspecified atom stereocenters. The van der Waals surface area contributed by atoms with Gasteiger partial charge in [-0.15, -0.1) is 12.4 Å². The van der Waals surface area contributed by atoms with E-state index in [1.165, 1.54) is 0 Å². The van der Waals surface area contributed by atoms with Crippen LogP contribution in [-0.4, -0.2) is 27.5 Å². The van der Waals surface area contributed by atoms with Crippen molar-refractivity contribution in [2.24, 2.45) is 0 Å². The minimum atomic E-state index is -3.29. The van der Waals surface area contributed by atoms with E-state index in [9.17, 15) is 8.42 Å². The van der Waals surface area contributed by atoms with Gasteiger partial charge in [-0.1, -0.05) is 23.7 Å². The van der Waals surface area contributed by atoms with Gasteiger partial charge in [-0.2, -0.15) is 0 Å².